The topological polar surface area (TPSA) is 50.4 Å². The molecular weight excluding hydrogens is 258 g/mol. The van der Waals surface area contributed by atoms with Gasteiger partial charge < -0.3 is 11.1 Å². The van der Waals surface area contributed by atoms with Crippen molar-refractivity contribution in [1.29, 1.82) is 0 Å². The lowest BCUT2D eigenvalue weighted by atomic mass is 10.1. The molecule has 3 heteroatoms. The van der Waals surface area contributed by atoms with Crippen LogP contribution in [0.25, 0.3) is 6.08 Å². The highest BCUT2D eigenvalue weighted by Gasteiger charge is 1.94. The second-order valence-corrected chi connectivity index (χ2v) is 4.71. The maximum Gasteiger partial charge on any atom is 0.193 e. The van der Waals surface area contributed by atoms with Crippen LogP contribution in [0.5, 0.6) is 0 Å². The minimum absolute atomic E-state index is 0.428. The first-order chi connectivity index (χ1) is 10.3. The molecule has 0 saturated carbocycles. The normalized spacial score (nSPS) is 11.8. The minimum Gasteiger partial charge on any atom is -0.370 e. The van der Waals surface area contributed by atoms with Crippen LogP contribution in [0.15, 0.2) is 65.7 Å². The SMILES string of the molecule is CCc1ccc(NC(N)=NCC=Cc2ccccc2)cc1. The summed E-state index contributed by atoms with van der Waals surface area (Å²) in [5.41, 5.74) is 9.29. The summed E-state index contributed by atoms with van der Waals surface area (Å²) in [6.07, 6.45) is 5.06. The zero-order valence-electron chi connectivity index (χ0n) is 12.3. The molecule has 0 aliphatic rings. The van der Waals surface area contributed by atoms with E-state index in [0.29, 0.717) is 12.5 Å². The molecule has 21 heavy (non-hydrogen) atoms. The molecule has 3 N–H and O–H groups in total. The van der Waals surface area contributed by atoms with Crippen LogP contribution in [0, 0.1) is 0 Å². The van der Waals surface area contributed by atoms with Gasteiger partial charge >= 0.3 is 0 Å². The molecule has 2 rings (SSSR count). The number of hydrogen-bond acceptors (Lipinski definition) is 1. The maximum absolute atomic E-state index is 5.86. The Bertz CT molecular complexity index is 598. The van der Waals surface area contributed by atoms with Gasteiger partial charge in [-0.15, -0.1) is 0 Å². The highest BCUT2D eigenvalue weighted by Crippen LogP contribution is 2.09. The number of guanidine groups is 1. The van der Waals surface area contributed by atoms with Crippen LogP contribution in [-0.2, 0) is 6.42 Å². The third-order valence-corrected chi connectivity index (χ3v) is 3.11. The molecule has 108 valence electrons. The molecule has 2 aromatic carbocycles. The second-order valence-electron chi connectivity index (χ2n) is 4.71. The van der Waals surface area contributed by atoms with Crippen molar-refractivity contribution < 1.29 is 0 Å². The number of nitrogens with one attached hydrogen (secondary N) is 1. The number of anilines is 1. The lowest BCUT2D eigenvalue weighted by Gasteiger charge is -2.05. The van der Waals surface area contributed by atoms with Crippen LogP contribution >= 0.6 is 0 Å². The van der Waals surface area contributed by atoms with Crippen molar-refractivity contribution in [2.75, 3.05) is 11.9 Å². The molecule has 0 radical (unpaired) electrons. The average molecular weight is 279 g/mol. The van der Waals surface area contributed by atoms with Gasteiger partial charge in [0, 0.05) is 5.69 Å². The second kappa shape index (κ2) is 7.90. The Morgan fingerprint density at radius 2 is 1.81 bits per heavy atom. The summed E-state index contributed by atoms with van der Waals surface area (Å²) in [6, 6.07) is 18.3. The van der Waals surface area contributed by atoms with Crippen LogP contribution < -0.4 is 11.1 Å². The van der Waals surface area contributed by atoms with E-state index < -0.39 is 0 Å². The zero-order valence-corrected chi connectivity index (χ0v) is 12.3. The molecule has 0 amide bonds. The molecule has 0 atom stereocenters. The first-order valence-corrected chi connectivity index (χ1v) is 7.15. The van der Waals surface area contributed by atoms with Gasteiger partial charge in [-0.2, -0.15) is 0 Å². The van der Waals surface area contributed by atoms with Gasteiger partial charge in [-0.05, 0) is 29.7 Å². The Kier molecular flexibility index (Phi) is 5.59. The summed E-state index contributed by atoms with van der Waals surface area (Å²) >= 11 is 0. The summed E-state index contributed by atoms with van der Waals surface area (Å²) in [5.74, 6) is 0.428. The minimum atomic E-state index is 0.428. The molecule has 0 fully saturated rings. The summed E-state index contributed by atoms with van der Waals surface area (Å²) in [4.78, 5) is 4.27. The van der Waals surface area contributed by atoms with Gasteiger partial charge in [0.1, 0.15) is 0 Å². The van der Waals surface area contributed by atoms with E-state index in [1.165, 1.54) is 5.56 Å². The molecule has 3 nitrogen and oxygen atoms in total. The molecule has 0 bridgehead atoms. The third-order valence-electron chi connectivity index (χ3n) is 3.11. The quantitative estimate of drug-likeness (QED) is 0.648. The van der Waals surface area contributed by atoms with Gasteiger partial charge in [0.15, 0.2) is 5.96 Å². The highest BCUT2D eigenvalue weighted by atomic mass is 15.1. The standard InChI is InChI=1S/C18H21N3/c1-2-15-10-12-17(13-11-15)21-18(19)20-14-6-9-16-7-4-3-5-8-16/h3-13H,2,14H2,1H3,(H3,19,20,21). The number of nitrogens with zero attached hydrogens (tertiary/aromatic N) is 1. The van der Waals surface area contributed by atoms with Crippen LogP contribution in [0.4, 0.5) is 5.69 Å². The maximum atomic E-state index is 5.86. The van der Waals surface area contributed by atoms with Crippen molar-refractivity contribution in [2.24, 2.45) is 10.7 Å². The molecule has 0 aliphatic carbocycles. The highest BCUT2D eigenvalue weighted by molar-refractivity contribution is 5.92. The molecule has 0 unspecified atom stereocenters. The predicted molar refractivity (Wildman–Crippen MR) is 91.4 cm³/mol. The van der Waals surface area contributed by atoms with Crippen LogP contribution in [0.1, 0.15) is 18.1 Å². The molecule has 2 aromatic rings. The monoisotopic (exact) mass is 279 g/mol. The lowest BCUT2D eigenvalue weighted by Crippen LogP contribution is -2.22. The Hall–Kier alpha value is -2.55. The Labute approximate surface area is 126 Å². The van der Waals surface area contributed by atoms with Gasteiger partial charge in [0.25, 0.3) is 0 Å². The largest absolute Gasteiger partial charge is 0.370 e. The fourth-order valence-electron chi connectivity index (χ4n) is 1.92. The smallest absolute Gasteiger partial charge is 0.193 e. The van der Waals surface area contributed by atoms with E-state index >= 15 is 0 Å². The molecule has 0 aromatic heterocycles. The van der Waals surface area contributed by atoms with Crippen molar-refractivity contribution in [1.82, 2.24) is 0 Å². The van der Waals surface area contributed by atoms with E-state index in [1.807, 2.05) is 42.5 Å². The Morgan fingerprint density at radius 3 is 2.48 bits per heavy atom. The fourth-order valence-corrected chi connectivity index (χ4v) is 1.92. The van der Waals surface area contributed by atoms with E-state index in [2.05, 4.69) is 41.5 Å². The van der Waals surface area contributed by atoms with E-state index in [9.17, 15) is 0 Å². The van der Waals surface area contributed by atoms with Crippen LogP contribution in [0.3, 0.4) is 0 Å². The van der Waals surface area contributed by atoms with Crippen LogP contribution in [0.2, 0.25) is 0 Å². The zero-order chi connectivity index (χ0) is 14.9. The molecule has 0 heterocycles. The van der Waals surface area contributed by atoms with Gasteiger partial charge in [-0.25, -0.2) is 4.99 Å². The number of aliphatic imine (C=N–C) groups is 1. The van der Waals surface area contributed by atoms with E-state index in [1.54, 1.807) is 0 Å². The van der Waals surface area contributed by atoms with Gasteiger partial charge in [-0.3, -0.25) is 0 Å². The Morgan fingerprint density at radius 1 is 1.10 bits per heavy atom. The number of benzene rings is 2. The molecular formula is C18H21N3. The number of rotatable bonds is 5. The third kappa shape index (κ3) is 5.15. The molecule has 0 spiro atoms. The summed E-state index contributed by atoms with van der Waals surface area (Å²) < 4.78 is 0. The van der Waals surface area contributed by atoms with Gasteiger partial charge in [0.2, 0.25) is 0 Å². The first-order valence-electron chi connectivity index (χ1n) is 7.15. The molecule has 0 saturated heterocycles. The van der Waals surface area contributed by atoms with Gasteiger partial charge in [-0.1, -0.05) is 61.5 Å². The summed E-state index contributed by atoms with van der Waals surface area (Å²) in [7, 11) is 0. The number of aryl methyl sites for hydroxylation is 1. The van der Waals surface area contributed by atoms with Crippen LogP contribution in [-0.4, -0.2) is 12.5 Å². The van der Waals surface area contributed by atoms with Gasteiger partial charge in [0.05, 0.1) is 6.54 Å². The van der Waals surface area contributed by atoms with Crippen molar-refractivity contribution in [3.8, 4) is 0 Å². The number of hydrogen-bond donors (Lipinski definition) is 2. The average Bonchev–Trinajstić information content (AvgIpc) is 2.53. The summed E-state index contributed by atoms with van der Waals surface area (Å²) in [5, 5.41) is 3.09. The summed E-state index contributed by atoms with van der Waals surface area (Å²) in [6.45, 7) is 2.69. The van der Waals surface area contributed by atoms with Crippen molar-refractivity contribution in [3.05, 3.63) is 71.8 Å². The first kappa shape index (κ1) is 14.9. The van der Waals surface area contributed by atoms with E-state index in [-0.39, 0.29) is 0 Å². The molecule has 0 aliphatic heterocycles. The van der Waals surface area contributed by atoms with E-state index in [0.717, 1.165) is 17.7 Å². The lowest BCUT2D eigenvalue weighted by molar-refractivity contribution is 1.14. The van der Waals surface area contributed by atoms with E-state index in [4.69, 9.17) is 5.73 Å². The predicted octanol–water partition coefficient (Wildman–Crippen LogP) is 3.69. The van der Waals surface area contributed by atoms with Crippen molar-refractivity contribution >= 4 is 17.7 Å². The van der Waals surface area contributed by atoms with Crippen molar-refractivity contribution in [3.63, 3.8) is 0 Å². The number of nitrogens with two attached hydrogens (primary N) is 1. The van der Waals surface area contributed by atoms with Crippen molar-refractivity contribution in [2.45, 2.75) is 13.3 Å². The Balaban J connectivity index is 1.84. The fraction of sp³-hybridized carbons (Fsp3) is 0.167.